The number of halogens is 6. The van der Waals surface area contributed by atoms with Gasteiger partial charge in [0, 0.05) is 5.56 Å². The van der Waals surface area contributed by atoms with Crippen molar-refractivity contribution in [3.05, 3.63) is 53.6 Å². The molecular weight excluding hydrogens is 503 g/mol. The molecule has 0 aliphatic heterocycles. The smallest absolute Gasteiger partial charge is 0.338 e. The van der Waals surface area contributed by atoms with Crippen molar-refractivity contribution >= 4 is 86.3 Å². The number of alkyl halides is 6. The average Bonchev–Trinajstić information content (AvgIpc) is 2.65. The first-order chi connectivity index (χ1) is 13.5. The number of hydrogen-bond acceptors (Lipinski definition) is 5. The first kappa shape index (κ1) is 22.6. The summed E-state index contributed by atoms with van der Waals surface area (Å²) in [5.41, 5.74) is 0.922. The molecule has 1 heterocycles. The van der Waals surface area contributed by atoms with Gasteiger partial charge in [-0.05, 0) is 29.8 Å². The number of rotatable bonds is 3. The van der Waals surface area contributed by atoms with Gasteiger partial charge in [0.25, 0.3) is 0 Å². The third-order valence-corrected chi connectivity index (χ3v) is 4.82. The second kappa shape index (κ2) is 8.58. The molecule has 0 amide bonds. The third-order valence-electron chi connectivity index (χ3n) is 3.80. The Labute approximate surface area is 196 Å². The van der Waals surface area contributed by atoms with Crippen LogP contribution in [0.5, 0.6) is 0 Å². The van der Waals surface area contributed by atoms with Gasteiger partial charge in [0.1, 0.15) is 0 Å². The maximum Gasteiger partial charge on any atom is 0.338 e. The van der Waals surface area contributed by atoms with Gasteiger partial charge >= 0.3 is 5.97 Å². The Kier molecular flexibility index (Phi) is 6.68. The Bertz CT molecular complexity index is 1050. The fourth-order valence-corrected chi connectivity index (χ4v) is 3.14. The van der Waals surface area contributed by atoms with Crippen molar-refractivity contribution in [3.8, 4) is 11.4 Å². The van der Waals surface area contributed by atoms with E-state index < -0.39 is 13.6 Å². The summed E-state index contributed by atoms with van der Waals surface area (Å²) in [6.07, 6.45) is 0. The topological polar surface area (TPSA) is 65.0 Å². The molecule has 0 aliphatic rings. The van der Waals surface area contributed by atoms with Crippen molar-refractivity contribution in [3.63, 3.8) is 0 Å². The van der Waals surface area contributed by atoms with E-state index in [2.05, 4.69) is 15.0 Å². The highest BCUT2D eigenvalue weighted by Crippen LogP contribution is 2.41. The molecule has 0 spiro atoms. The Morgan fingerprint density at radius 1 is 0.862 bits per heavy atom. The highest BCUT2D eigenvalue weighted by Gasteiger charge is 2.34. The lowest BCUT2D eigenvalue weighted by Gasteiger charge is -2.16. The Hall–Kier alpha value is -1.08. The van der Waals surface area contributed by atoms with Crippen LogP contribution in [0.25, 0.3) is 22.2 Å². The van der Waals surface area contributed by atoms with E-state index in [0.717, 1.165) is 0 Å². The summed E-state index contributed by atoms with van der Waals surface area (Å²) in [5.74, 6) is -0.733. The predicted molar refractivity (Wildman–Crippen MR) is 117 cm³/mol. The van der Waals surface area contributed by atoms with Gasteiger partial charge in [0.15, 0.2) is 17.5 Å². The molecule has 3 rings (SSSR count). The van der Waals surface area contributed by atoms with Crippen molar-refractivity contribution in [2.45, 2.75) is 14.5 Å². The monoisotopic (exact) mass is 511 g/mol. The number of fused-ring (bicyclic) bond motifs is 1. The summed E-state index contributed by atoms with van der Waals surface area (Å²) < 4.78 is 1.19. The predicted octanol–water partition coefficient (Wildman–Crippen LogP) is 6.52. The zero-order chi connectivity index (χ0) is 21.4. The molecule has 0 saturated carbocycles. The lowest BCUT2D eigenvalue weighted by Crippen LogP contribution is -2.17. The zero-order valence-corrected chi connectivity index (χ0v) is 19.1. The minimum absolute atomic E-state index is 0.120. The molecule has 29 heavy (non-hydrogen) atoms. The van der Waals surface area contributed by atoms with E-state index in [1.165, 1.54) is 0 Å². The Balaban J connectivity index is 2.29. The molecule has 1 aromatic heterocycles. The number of nitrogens with zero attached hydrogens (tertiary/aromatic N) is 3. The average molecular weight is 514 g/mol. The molecule has 0 atom stereocenters. The maximum absolute atomic E-state index is 12.3. The van der Waals surface area contributed by atoms with E-state index in [1.807, 2.05) is 0 Å². The molecule has 152 valence electrons. The lowest BCUT2D eigenvalue weighted by molar-refractivity contribution is 0.0528. The SMILES string of the molecule is CCOC(=O)c1ccc(-c2nc(C(Cl)(Cl)Cl)nc(C(Cl)(Cl)Cl)n2)c2ccccc12. The summed E-state index contributed by atoms with van der Waals surface area (Å²) in [7, 11) is 0. The normalized spacial score (nSPS) is 12.2. The quantitative estimate of drug-likeness (QED) is 0.294. The second-order valence-electron chi connectivity index (χ2n) is 5.73. The van der Waals surface area contributed by atoms with Crippen molar-refractivity contribution in [2.24, 2.45) is 0 Å². The third kappa shape index (κ3) is 4.98. The molecule has 3 aromatic rings. The number of ether oxygens (including phenoxy) is 1. The van der Waals surface area contributed by atoms with Crippen molar-refractivity contribution < 1.29 is 9.53 Å². The Morgan fingerprint density at radius 3 is 1.93 bits per heavy atom. The molecule has 0 radical (unpaired) electrons. The van der Waals surface area contributed by atoms with E-state index in [9.17, 15) is 4.79 Å². The molecule has 0 fully saturated rings. The van der Waals surface area contributed by atoms with Crippen molar-refractivity contribution in [1.82, 2.24) is 15.0 Å². The summed E-state index contributed by atoms with van der Waals surface area (Å²) in [6, 6.07) is 10.4. The lowest BCUT2D eigenvalue weighted by atomic mass is 9.99. The van der Waals surface area contributed by atoms with E-state index in [-0.39, 0.29) is 24.1 Å². The number of esters is 1. The van der Waals surface area contributed by atoms with Gasteiger partial charge in [0.05, 0.1) is 12.2 Å². The molecule has 5 nitrogen and oxygen atoms in total. The number of carbonyl (C=O) groups excluding carboxylic acids is 1. The minimum Gasteiger partial charge on any atom is -0.462 e. The van der Waals surface area contributed by atoms with Gasteiger partial charge in [-0.2, -0.15) is 0 Å². The molecule has 0 N–H and O–H groups in total. The van der Waals surface area contributed by atoms with Gasteiger partial charge in [0.2, 0.25) is 7.59 Å². The molecule has 2 aromatic carbocycles. The maximum atomic E-state index is 12.3. The van der Waals surface area contributed by atoms with Crippen LogP contribution in [0.1, 0.15) is 28.9 Å². The standard InChI is InChI=1S/C18H11Cl6N3O2/c1-2-29-14(28)12-8-7-11(9-5-3-4-6-10(9)12)13-25-15(17(19,20)21)27-16(26-13)18(22,23)24/h3-8H,2H2,1H3. The molecule has 0 unspecified atom stereocenters. The van der Waals surface area contributed by atoms with Crippen molar-refractivity contribution in [1.29, 1.82) is 0 Å². The fourth-order valence-electron chi connectivity index (χ4n) is 2.63. The summed E-state index contributed by atoms with van der Waals surface area (Å²) in [5, 5.41) is 1.30. The highest BCUT2D eigenvalue weighted by molar-refractivity contribution is 6.67. The van der Waals surface area contributed by atoms with E-state index >= 15 is 0 Å². The van der Waals surface area contributed by atoms with Crippen LogP contribution in [-0.4, -0.2) is 27.5 Å². The van der Waals surface area contributed by atoms with Gasteiger partial charge in [-0.25, -0.2) is 19.7 Å². The van der Waals surface area contributed by atoms with Crippen LogP contribution in [0.15, 0.2) is 36.4 Å². The summed E-state index contributed by atoms with van der Waals surface area (Å²) in [6.45, 7) is 1.98. The van der Waals surface area contributed by atoms with Crippen LogP contribution >= 0.6 is 69.6 Å². The second-order valence-corrected chi connectivity index (χ2v) is 10.3. The molecule has 0 saturated heterocycles. The largest absolute Gasteiger partial charge is 0.462 e. The number of carbonyl (C=O) groups is 1. The highest BCUT2D eigenvalue weighted by atomic mass is 35.6. The fraction of sp³-hybridized carbons (Fsp3) is 0.222. The van der Waals surface area contributed by atoms with E-state index in [4.69, 9.17) is 74.3 Å². The van der Waals surface area contributed by atoms with Gasteiger partial charge < -0.3 is 4.74 Å². The van der Waals surface area contributed by atoms with Crippen LogP contribution in [0.3, 0.4) is 0 Å². The van der Waals surface area contributed by atoms with Crippen LogP contribution < -0.4 is 0 Å². The van der Waals surface area contributed by atoms with Crippen LogP contribution in [0, 0.1) is 0 Å². The van der Waals surface area contributed by atoms with Gasteiger partial charge in [-0.1, -0.05) is 93.9 Å². The molecular formula is C18H11Cl6N3O2. The molecule has 0 bridgehead atoms. The number of hydrogen-bond donors (Lipinski definition) is 0. The Morgan fingerprint density at radius 2 is 1.41 bits per heavy atom. The van der Waals surface area contributed by atoms with Crippen molar-refractivity contribution in [2.75, 3.05) is 6.61 Å². The summed E-state index contributed by atoms with van der Waals surface area (Å²) >= 11 is 35.7. The van der Waals surface area contributed by atoms with Crippen LogP contribution in [-0.2, 0) is 12.3 Å². The molecule has 11 heteroatoms. The summed E-state index contributed by atoms with van der Waals surface area (Å²) in [4.78, 5) is 24.8. The first-order valence-corrected chi connectivity index (χ1v) is 10.4. The van der Waals surface area contributed by atoms with Gasteiger partial charge in [-0.15, -0.1) is 0 Å². The minimum atomic E-state index is -1.97. The molecule has 0 aliphatic carbocycles. The van der Waals surface area contributed by atoms with E-state index in [1.54, 1.807) is 43.3 Å². The van der Waals surface area contributed by atoms with Crippen LogP contribution in [0.2, 0.25) is 0 Å². The van der Waals surface area contributed by atoms with Crippen LogP contribution in [0.4, 0.5) is 0 Å². The number of benzene rings is 2. The van der Waals surface area contributed by atoms with Gasteiger partial charge in [-0.3, -0.25) is 0 Å². The van der Waals surface area contributed by atoms with E-state index in [0.29, 0.717) is 21.9 Å². The zero-order valence-electron chi connectivity index (χ0n) is 14.6. The number of aromatic nitrogens is 3. The first-order valence-electron chi connectivity index (χ1n) is 8.12.